The van der Waals surface area contributed by atoms with Crippen LogP contribution in [-0.4, -0.2) is 18.8 Å². The lowest BCUT2D eigenvalue weighted by Gasteiger charge is -2.49. The molecule has 0 heterocycles. The van der Waals surface area contributed by atoms with Crippen molar-refractivity contribution >= 4 is 63.7 Å². The van der Waals surface area contributed by atoms with Crippen LogP contribution < -0.4 is 0 Å². The van der Waals surface area contributed by atoms with E-state index in [4.69, 9.17) is 0 Å². The molecule has 1 aliphatic rings. The molecule has 1 saturated carbocycles. The molecule has 4 atom stereocenters. The summed E-state index contributed by atoms with van der Waals surface area (Å²) in [5.41, 5.74) is 0. The van der Waals surface area contributed by atoms with Gasteiger partial charge in [-0.05, 0) is 31.9 Å². The molecule has 0 aromatic rings. The first-order valence-corrected chi connectivity index (χ1v) is 5.77. The maximum absolute atomic E-state index is 13.0. The third-order valence-electron chi connectivity index (χ3n) is 1.39. The Morgan fingerprint density at radius 3 is 1.20 bits per heavy atom. The zero-order chi connectivity index (χ0) is 8.15. The molecule has 0 radical (unpaired) electrons. The van der Waals surface area contributed by atoms with E-state index in [1.807, 2.05) is 0 Å². The zero-order valence-corrected chi connectivity index (χ0v) is 10.8. The van der Waals surface area contributed by atoms with Crippen LogP contribution in [0.15, 0.2) is 0 Å². The Morgan fingerprint density at radius 1 is 0.900 bits per heavy atom. The molecule has 0 aromatic carbocycles. The summed E-state index contributed by atoms with van der Waals surface area (Å²) in [7, 11) is 0. The molecule has 0 N–H and O–H groups in total. The van der Waals surface area contributed by atoms with Crippen molar-refractivity contribution in [1.82, 2.24) is 0 Å². The molecule has 0 bridgehead atoms. The Kier molecular flexibility index (Phi) is 2.60. The van der Waals surface area contributed by atoms with E-state index in [0.717, 1.165) is 0 Å². The van der Waals surface area contributed by atoms with Crippen LogP contribution in [0.5, 0.6) is 0 Å². The average molecular weight is 408 g/mol. The molecule has 0 spiro atoms. The maximum Gasteiger partial charge on any atom is 0.223 e. The second-order valence-electron chi connectivity index (χ2n) is 2.05. The highest BCUT2D eigenvalue weighted by Gasteiger charge is 2.72. The molecule has 0 aliphatic heterocycles. The van der Waals surface area contributed by atoms with Crippen LogP contribution in [0.25, 0.3) is 0 Å². The van der Waals surface area contributed by atoms with Crippen molar-refractivity contribution in [3.63, 3.8) is 0 Å². The van der Waals surface area contributed by atoms with E-state index in [1.54, 1.807) is 0 Å². The second kappa shape index (κ2) is 2.64. The van der Waals surface area contributed by atoms with E-state index in [0.29, 0.717) is 0 Å². The number of alkyl halides is 6. The van der Waals surface area contributed by atoms with Crippen LogP contribution in [-0.2, 0) is 0 Å². The zero-order valence-electron chi connectivity index (χ0n) is 4.42. The summed E-state index contributed by atoms with van der Waals surface area (Å²) < 4.78 is 22.0. The molecule has 1 fully saturated rings. The minimum Gasteiger partial charge on any atom is -0.225 e. The summed E-state index contributed by atoms with van der Waals surface area (Å²) in [6, 6.07) is 0. The Hall–Kier alpha value is 1.78. The largest absolute Gasteiger partial charge is 0.225 e. The van der Waals surface area contributed by atoms with E-state index in [-0.39, 0.29) is 0 Å². The molecule has 0 aromatic heterocycles. The van der Waals surface area contributed by atoms with Crippen LogP contribution in [0.2, 0.25) is 0 Å². The molecule has 4 unspecified atom stereocenters. The number of hydrogen-bond donors (Lipinski definition) is 0. The lowest BCUT2D eigenvalue weighted by atomic mass is 9.94. The highest BCUT2D eigenvalue weighted by molar-refractivity contribution is 9.16. The van der Waals surface area contributed by atoms with Gasteiger partial charge in [0.1, 0.15) is 0 Å². The van der Waals surface area contributed by atoms with Gasteiger partial charge < -0.3 is 0 Å². The number of halogens is 6. The fraction of sp³-hybridized carbons (Fsp3) is 1.00. The Bertz CT molecular complexity index is 139. The Labute approximate surface area is 90.6 Å². The molecule has 1 rings (SSSR count). The predicted octanol–water partition coefficient (Wildman–Crippen LogP) is 3.65. The number of hydrogen-bond acceptors (Lipinski definition) is 0. The van der Waals surface area contributed by atoms with Crippen molar-refractivity contribution in [1.29, 1.82) is 0 Å². The maximum atomic E-state index is 13.0. The lowest BCUT2D eigenvalue weighted by Crippen LogP contribution is -2.66. The van der Waals surface area contributed by atoms with Gasteiger partial charge >= 0.3 is 0 Å². The van der Waals surface area contributed by atoms with Crippen molar-refractivity contribution in [3.8, 4) is 0 Å². The fourth-order valence-electron chi connectivity index (χ4n) is 0.639. The van der Waals surface area contributed by atoms with Gasteiger partial charge in [0.15, 0.2) is 0 Å². The molecule has 1 aliphatic carbocycles. The van der Waals surface area contributed by atoms with E-state index in [9.17, 15) is 8.78 Å². The van der Waals surface area contributed by atoms with Gasteiger partial charge in [-0.1, -0.05) is 31.9 Å². The van der Waals surface area contributed by atoms with Crippen LogP contribution >= 0.6 is 63.7 Å². The van der Waals surface area contributed by atoms with E-state index >= 15 is 0 Å². The summed E-state index contributed by atoms with van der Waals surface area (Å²) in [5, 5.41) is 0. The van der Waals surface area contributed by atoms with Crippen LogP contribution in [0, 0.1) is 0 Å². The standard InChI is InChI=1S/C4H2Br4F2/c5-1-2(6)4(8,10)3(1,7)9/h1-2H. The molecule has 0 nitrogen and oxygen atoms in total. The predicted molar refractivity (Wildman–Crippen MR) is 51.0 cm³/mol. The smallest absolute Gasteiger partial charge is 0.223 e. The van der Waals surface area contributed by atoms with Gasteiger partial charge in [0.25, 0.3) is 0 Å². The average Bonchev–Trinajstić information content (AvgIpc) is 1.84. The molecule has 0 saturated heterocycles. The summed E-state index contributed by atoms with van der Waals surface area (Å²) in [4.78, 5) is -1.10. The van der Waals surface area contributed by atoms with Gasteiger partial charge in [-0.3, -0.25) is 0 Å². The minimum absolute atomic E-state index is 0.552. The summed E-state index contributed by atoms with van der Waals surface area (Å²) in [5.74, 6) is 0. The van der Waals surface area contributed by atoms with E-state index in [1.165, 1.54) is 0 Å². The van der Waals surface area contributed by atoms with Gasteiger partial charge in [-0.25, -0.2) is 8.78 Å². The van der Waals surface area contributed by atoms with Gasteiger partial charge in [0.05, 0.1) is 9.65 Å². The lowest BCUT2D eigenvalue weighted by molar-refractivity contribution is 0.0449. The third kappa shape index (κ3) is 1.05. The minimum atomic E-state index is -2.02. The van der Waals surface area contributed by atoms with Crippen molar-refractivity contribution < 1.29 is 8.78 Å². The highest BCUT2D eigenvalue weighted by atomic mass is 79.9. The van der Waals surface area contributed by atoms with Crippen molar-refractivity contribution in [2.75, 3.05) is 0 Å². The molecule has 10 heavy (non-hydrogen) atoms. The fourth-order valence-corrected chi connectivity index (χ4v) is 4.38. The number of rotatable bonds is 0. The van der Waals surface area contributed by atoms with E-state index in [2.05, 4.69) is 63.7 Å². The van der Waals surface area contributed by atoms with Gasteiger partial charge in [-0.15, -0.1) is 0 Å². The monoisotopic (exact) mass is 404 g/mol. The molecular weight excluding hydrogens is 406 g/mol. The van der Waals surface area contributed by atoms with Gasteiger partial charge in [0, 0.05) is 0 Å². The normalized spacial score (nSPS) is 61.8. The first kappa shape index (κ1) is 9.86. The Balaban J connectivity index is 2.82. The summed E-state index contributed by atoms with van der Waals surface area (Å²) in [6.07, 6.45) is 0. The van der Waals surface area contributed by atoms with Crippen LogP contribution in [0.1, 0.15) is 0 Å². The summed E-state index contributed by atoms with van der Waals surface area (Å²) >= 11 is 11.2. The van der Waals surface area contributed by atoms with Gasteiger partial charge in [0.2, 0.25) is 9.16 Å². The third-order valence-corrected chi connectivity index (χ3v) is 8.32. The second-order valence-corrected chi connectivity index (χ2v) is 6.33. The van der Waals surface area contributed by atoms with Crippen molar-refractivity contribution in [2.24, 2.45) is 0 Å². The first-order valence-electron chi connectivity index (χ1n) is 2.35. The van der Waals surface area contributed by atoms with Crippen molar-refractivity contribution in [3.05, 3.63) is 0 Å². The van der Waals surface area contributed by atoms with Crippen LogP contribution in [0.3, 0.4) is 0 Å². The van der Waals surface area contributed by atoms with Crippen LogP contribution in [0.4, 0.5) is 8.78 Å². The quantitative estimate of drug-likeness (QED) is 0.538. The molecule has 6 heteroatoms. The molecular formula is C4H2Br4F2. The molecule has 60 valence electrons. The SMILES string of the molecule is FC1(Br)C(Br)C(Br)C1(F)Br. The van der Waals surface area contributed by atoms with Gasteiger partial charge in [-0.2, -0.15) is 0 Å². The topological polar surface area (TPSA) is 0 Å². The summed E-state index contributed by atoms with van der Waals surface area (Å²) in [6.45, 7) is 0. The highest BCUT2D eigenvalue weighted by Crippen LogP contribution is 2.62. The first-order chi connectivity index (χ1) is 4.32. The van der Waals surface area contributed by atoms with Crippen molar-refractivity contribution in [2.45, 2.75) is 18.8 Å². The Morgan fingerprint density at radius 2 is 1.10 bits per heavy atom. The molecule has 0 amide bonds. The van der Waals surface area contributed by atoms with E-state index < -0.39 is 18.8 Å².